The lowest BCUT2D eigenvalue weighted by molar-refractivity contribution is -0.384. The van der Waals surface area contributed by atoms with E-state index in [1.165, 1.54) is 60.7 Å². The van der Waals surface area contributed by atoms with Crippen molar-refractivity contribution < 1.29 is 27.6 Å². The molecule has 0 radical (unpaired) electrons. The summed E-state index contributed by atoms with van der Waals surface area (Å²) in [6, 6.07) is 14.3. The average molecular weight is 484 g/mol. The Kier molecular flexibility index (Phi) is 6.23. The molecule has 0 bridgehead atoms. The highest BCUT2D eigenvalue weighted by Crippen LogP contribution is 2.33. The Bertz CT molecular complexity index is 1360. The maximum Gasteiger partial charge on any atom is 0.270 e. The zero-order chi connectivity index (χ0) is 24.3. The number of non-ortho nitro benzene ring substituents is 1. The number of ether oxygens (including phenoxy) is 2. The number of nitrogens with zero attached hydrogens (tertiary/aromatic N) is 1. The number of rotatable bonds is 7. The summed E-state index contributed by atoms with van der Waals surface area (Å²) in [5.41, 5.74) is 0.958. The summed E-state index contributed by atoms with van der Waals surface area (Å²) in [6.45, 7) is 0.737. The molecular formula is C22H20N4O7S. The summed E-state index contributed by atoms with van der Waals surface area (Å²) in [6.07, 6.45) is 0. The number of amides is 1. The number of nitrogens with one attached hydrogen (secondary N) is 3. The first kappa shape index (κ1) is 22.9. The van der Waals surface area contributed by atoms with Crippen LogP contribution >= 0.6 is 0 Å². The molecule has 176 valence electrons. The van der Waals surface area contributed by atoms with Crippen molar-refractivity contribution in [3.05, 3.63) is 76.3 Å². The summed E-state index contributed by atoms with van der Waals surface area (Å²) in [5.74, 6) is 0.280. The molecule has 1 amide bonds. The molecule has 0 aromatic heterocycles. The zero-order valence-electron chi connectivity index (χ0n) is 17.9. The molecule has 0 saturated carbocycles. The molecule has 0 spiro atoms. The van der Waals surface area contributed by atoms with E-state index in [-0.39, 0.29) is 21.8 Å². The van der Waals surface area contributed by atoms with Crippen LogP contribution in [0.5, 0.6) is 11.5 Å². The second kappa shape index (κ2) is 9.27. The number of fused-ring (bicyclic) bond motifs is 1. The number of carbonyl (C=O) groups is 1. The molecule has 11 nitrogen and oxygen atoms in total. The molecule has 3 aromatic carbocycles. The van der Waals surface area contributed by atoms with Gasteiger partial charge in [-0.25, -0.2) is 8.42 Å². The average Bonchev–Trinajstić information content (AvgIpc) is 2.84. The fraction of sp³-hybridized carbons (Fsp3) is 0.136. The largest absolute Gasteiger partial charge is 0.486 e. The number of hydrogen-bond donors (Lipinski definition) is 3. The Balaban J connectivity index is 1.48. The van der Waals surface area contributed by atoms with Crippen molar-refractivity contribution in [1.29, 1.82) is 0 Å². The second-order valence-electron chi connectivity index (χ2n) is 7.18. The van der Waals surface area contributed by atoms with E-state index in [4.69, 9.17) is 9.47 Å². The molecule has 4 rings (SSSR count). The number of sulfonamides is 1. The summed E-state index contributed by atoms with van der Waals surface area (Å²) in [7, 11) is -2.29. The Morgan fingerprint density at radius 3 is 2.29 bits per heavy atom. The molecule has 0 atom stereocenters. The highest BCUT2D eigenvalue weighted by atomic mass is 32.2. The minimum Gasteiger partial charge on any atom is -0.486 e. The monoisotopic (exact) mass is 484 g/mol. The summed E-state index contributed by atoms with van der Waals surface area (Å²) in [4.78, 5) is 23.1. The number of anilines is 3. The maximum absolute atomic E-state index is 12.8. The Morgan fingerprint density at radius 1 is 0.941 bits per heavy atom. The lowest BCUT2D eigenvalue weighted by Gasteiger charge is -2.19. The topological polar surface area (TPSA) is 149 Å². The summed E-state index contributed by atoms with van der Waals surface area (Å²) in [5, 5.41) is 16.5. The van der Waals surface area contributed by atoms with Gasteiger partial charge in [0.15, 0.2) is 11.5 Å². The number of nitro groups is 1. The van der Waals surface area contributed by atoms with Gasteiger partial charge in [0.1, 0.15) is 13.2 Å². The molecule has 0 fully saturated rings. The Labute approximate surface area is 194 Å². The van der Waals surface area contributed by atoms with E-state index < -0.39 is 20.9 Å². The maximum atomic E-state index is 12.8. The highest BCUT2D eigenvalue weighted by Gasteiger charge is 2.20. The van der Waals surface area contributed by atoms with Crippen LogP contribution in [0.25, 0.3) is 0 Å². The van der Waals surface area contributed by atoms with E-state index in [1.54, 1.807) is 7.05 Å². The van der Waals surface area contributed by atoms with Gasteiger partial charge in [0.25, 0.3) is 21.6 Å². The van der Waals surface area contributed by atoms with Gasteiger partial charge in [-0.3, -0.25) is 19.6 Å². The predicted molar refractivity (Wildman–Crippen MR) is 125 cm³/mol. The normalized spacial score (nSPS) is 12.5. The lowest BCUT2D eigenvalue weighted by atomic mass is 10.1. The van der Waals surface area contributed by atoms with Crippen LogP contribution in [0.2, 0.25) is 0 Å². The van der Waals surface area contributed by atoms with Gasteiger partial charge in [-0.05, 0) is 42.5 Å². The minimum atomic E-state index is -3.89. The number of benzene rings is 3. The smallest absolute Gasteiger partial charge is 0.270 e. The Morgan fingerprint density at radius 2 is 1.62 bits per heavy atom. The first-order valence-electron chi connectivity index (χ1n) is 10.1. The SMILES string of the molecule is CNc1ccc([N+](=O)[O-])cc1C(=O)Nc1ccc(NS(=O)(=O)c2ccc3c(c2)OCCO3)cc1. The van der Waals surface area contributed by atoms with Crippen molar-refractivity contribution in [3.8, 4) is 11.5 Å². The van der Waals surface area contributed by atoms with Crippen molar-refractivity contribution >= 4 is 38.7 Å². The molecule has 3 N–H and O–H groups in total. The van der Waals surface area contributed by atoms with Crippen LogP contribution < -0.4 is 24.8 Å². The van der Waals surface area contributed by atoms with Crippen LogP contribution in [0, 0.1) is 10.1 Å². The van der Waals surface area contributed by atoms with E-state index in [0.717, 1.165) is 0 Å². The van der Waals surface area contributed by atoms with Crippen molar-refractivity contribution in [2.75, 3.05) is 35.6 Å². The van der Waals surface area contributed by atoms with Crippen LogP contribution in [-0.4, -0.2) is 39.5 Å². The third-order valence-electron chi connectivity index (χ3n) is 4.95. The lowest BCUT2D eigenvalue weighted by Crippen LogP contribution is -2.17. The van der Waals surface area contributed by atoms with E-state index in [1.807, 2.05) is 0 Å². The van der Waals surface area contributed by atoms with Gasteiger partial charge in [0.2, 0.25) is 0 Å². The van der Waals surface area contributed by atoms with Crippen LogP contribution in [-0.2, 0) is 10.0 Å². The standard InChI is InChI=1S/C22H20N4O7S/c1-23-19-8-6-16(26(28)29)12-18(19)22(27)24-14-2-4-15(5-3-14)25-34(30,31)17-7-9-20-21(13-17)33-11-10-32-20/h2-9,12-13,23,25H,10-11H2,1H3,(H,24,27). The van der Waals surface area contributed by atoms with Crippen LogP contribution in [0.3, 0.4) is 0 Å². The van der Waals surface area contributed by atoms with Crippen molar-refractivity contribution in [2.24, 2.45) is 0 Å². The van der Waals surface area contributed by atoms with Crippen molar-refractivity contribution in [2.45, 2.75) is 4.90 Å². The minimum absolute atomic E-state index is 0.0133. The first-order chi connectivity index (χ1) is 16.3. The number of carbonyl (C=O) groups excluding carboxylic acids is 1. The number of nitro benzene ring substituents is 1. The predicted octanol–water partition coefficient (Wildman–Crippen LogP) is 3.46. The molecule has 3 aromatic rings. The van der Waals surface area contributed by atoms with E-state index in [9.17, 15) is 23.3 Å². The molecule has 0 unspecified atom stereocenters. The number of hydrogen-bond acceptors (Lipinski definition) is 8. The quantitative estimate of drug-likeness (QED) is 0.341. The fourth-order valence-corrected chi connectivity index (χ4v) is 4.35. The van der Waals surface area contributed by atoms with Gasteiger partial charge in [0, 0.05) is 42.3 Å². The summed E-state index contributed by atoms with van der Waals surface area (Å²) < 4.78 is 38.8. The highest BCUT2D eigenvalue weighted by molar-refractivity contribution is 7.92. The van der Waals surface area contributed by atoms with E-state index in [0.29, 0.717) is 36.1 Å². The van der Waals surface area contributed by atoms with Crippen LogP contribution in [0.1, 0.15) is 10.4 Å². The van der Waals surface area contributed by atoms with Crippen LogP contribution in [0.4, 0.5) is 22.7 Å². The molecule has 1 heterocycles. The molecule has 0 saturated heterocycles. The van der Waals surface area contributed by atoms with Gasteiger partial charge in [-0.2, -0.15) is 0 Å². The fourth-order valence-electron chi connectivity index (χ4n) is 3.28. The van der Waals surface area contributed by atoms with Gasteiger partial charge < -0.3 is 20.1 Å². The van der Waals surface area contributed by atoms with Crippen molar-refractivity contribution in [1.82, 2.24) is 0 Å². The van der Waals surface area contributed by atoms with Gasteiger partial charge in [-0.1, -0.05) is 0 Å². The molecule has 34 heavy (non-hydrogen) atoms. The molecule has 1 aliphatic heterocycles. The van der Waals surface area contributed by atoms with Gasteiger partial charge in [0.05, 0.1) is 15.4 Å². The van der Waals surface area contributed by atoms with Crippen LogP contribution in [0.15, 0.2) is 65.6 Å². The van der Waals surface area contributed by atoms with Crippen molar-refractivity contribution in [3.63, 3.8) is 0 Å². The molecule has 0 aliphatic carbocycles. The second-order valence-corrected chi connectivity index (χ2v) is 8.86. The molecular weight excluding hydrogens is 464 g/mol. The third kappa shape index (κ3) is 4.86. The molecule has 1 aliphatic rings. The summed E-state index contributed by atoms with van der Waals surface area (Å²) >= 11 is 0. The van der Waals surface area contributed by atoms with E-state index in [2.05, 4.69) is 15.4 Å². The third-order valence-corrected chi connectivity index (χ3v) is 6.33. The van der Waals surface area contributed by atoms with Gasteiger partial charge in [-0.15, -0.1) is 0 Å². The zero-order valence-corrected chi connectivity index (χ0v) is 18.7. The Hall–Kier alpha value is -4.32. The van der Waals surface area contributed by atoms with Gasteiger partial charge >= 0.3 is 0 Å². The first-order valence-corrected chi connectivity index (χ1v) is 11.6. The molecule has 12 heteroatoms. The van der Waals surface area contributed by atoms with E-state index >= 15 is 0 Å².